The molecule has 23 heavy (non-hydrogen) atoms. The maximum atomic E-state index is 12.1. The Hall–Kier alpha value is -2.05. The summed E-state index contributed by atoms with van der Waals surface area (Å²) < 4.78 is 36.2. The van der Waals surface area contributed by atoms with Gasteiger partial charge in [-0.2, -0.15) is 13.2 Å². The van der Waals surface area contributed by atoms with Crippen molar-refractivity contribution in [1.82, 2.24) is 4.90 Å². The first-order valence-electron chi connectivity index (χ1n) is 7.23. The number of oxime groups is 1. The molecular formula is C16H22F3N3O. The largest absolute Gasteiger partial charge is 0.425 e. The summed E-state index contributed by atoms with van der Waals surface area (Å²) in [6.45, 7) is 6.85. The summed E-state index contributed by atoms with van der Waals surface area (Å²) >= 11 is 0. The topological polar surface area (TPSA) is 37.2 Å². The van der Waals surface area contributed by atoms with Crippen LogP contribution in [0.2, 0.25) is 0 Å². The lowest BCUT2D eigenvalue weighted by Gasteiger charge is -2.12. The number of nitrogens with zero attached hydrogens (tertiary/aromatic N) is 3. The van der Waals surface area contributed by atoms with Crippen molar-refractivity contribution in [2.45, 2.75) is 33.9 Å². The van der Waals surface area contributed by atoms with Crippen LogP contribution in [0, 0.1) is 13.8 Å². The Morgan fingerprint density at radius 1 is 1.26 bits per heavy atom. The van der Waals surface area contributed by atoms with Crippen molar-refractivity contribution in [2.24, 2.45) is 10.1 Å². The molecule has 7 heteroatoms. The lowest BCUT2D eigenvalue weighted by Crippen LogP contribution is -2.15. The SMILES string of the molecule is CCN(C)C=Nc1cc(C)c(C(C)=NOCC(F)(F)F)cc1C. The van der Waals surface area contributed by atoms with Gasteiger partial charge in [0.25, 0.3) is 0 Å². The smallest absolute Gasteiger partial charge is 0.386 e. The molecule has 0 amide bonds. The number of rotatable bonds is 6. The molecule has 0 heterocycles. The highest BCUT2D eigenvalue weighted by Gasteiger charge is 2.28. The summed E-state index contributed by atoms with van der Waals surface area (Å²) in [6.07, 6.45) is -2.65. The highest BCUT2D eigenvalue weighted by atomic mass is 19.4. The van der Waals surface area contributed by atoms with E-state index in [1.165, 1.54) is 0 Å². The van der Waals surface area contributed by atoms with Gasteiger partial charge < -0.3 is 9.74 Å². The van der Waals surface area contributed by atoms with Crippen LogP contribution in [0.4, 0.5) is 18.9 Å². The highest BCUT2D eigenvalue weighted by Crippen LogP contribution is 2.24. The molecule has 0 saturated heterocycles. The van der Waals surface area contributed by atoms with Crippen LogP contribution in [0.15, 0.2) is 22.3 Å². The van der Waals surface area contributed by atoms with Gasteiger partial charge in [0.05, 0.1) is 17.7 Å². The molecule has 4 nitrogen and oxygen atoms in total. The third-order valence-corrected chi connectivity index (χ3v) is 3.26. The Labute approximate surface area is 134 Å². The third-order valence-electron chi connectivity index (χ3n) is 3.26. The van der Waals surface area contributed by atoms with Crippen LogP contribution >= 0.6 is 0 Å². The summed E-state index contributed by atoms with van der Waals surface area (Å²) in [5.74, 6) is 0. The minimum absolute atomic E-state index is 0.399. The van der Waals surface area contributed by atoms with Crippen LogP contribution in [0.25, 0.3) is 0 Å². The predicted molar refractivity (Wildman–Crippen MR) is 86.6 cm³/mol. The van der Waals surface area contributed by atoms with Crippen molar-refractivity contribution in [3.8, 4) is 0 Å². The van der Waals surface area contributed by atoms with E-state index in [4.69, 9.17) is 0 Å². The zero-order valence-corrected chi connectivity index (χ0v) is 14.0. The third kappa shape index (κ3) is 6.30. The minimum atomic E-state index is -4.39. The second-order valence-electron chi connectivity index (χ2n) is 5.34. The number of halogens is 3. The van der Waals surface area contributed by atoms with Gasteiger partial charge in [0.15, 0.2) is 0 Å². The average molecular weight is 329 g/mol. The summed E-state index contributed by atoms with van der Waals surface area (Å²) in [6, 6.07) is 3.73. The van der Waals surface area contributed by atoms with Crippen LogP contribution < -0.4 is 0 Å². The molecule has 0 saturated carbocycles. The van der Waals surface area contributed by atoms with Gasteiger partial charge in [0, 0.05) is 19.2 Å². The first kappa shape index (κ1) is 19.0. The maximum absolute atomic E-state index is 12.1. The number of aliphatic imine (C=N–C) groups is 1. The van der Waals surface area contributed by atoms with Crippen LogP contribution in [0.5, 0.6) is 0 Å². The summed E-state index contributed by atoms with van der Waals surface area (Å²) in [4.78, 5) is 10.7. The lowest BCUT2D eigenvalue weighted by molar-refractivity contribution is -0.173. The molecule has 0 fully saturated rings. The quantitative estimate of drug-likeness (QED) is 0.445. The Bertz CT molecular complexity index is 595. The van der Waals surface area contributed by atoms with E-state index in [0.29, 0.717) is 5.71 Å². The maximum Gasteiger partial charge on any atom is 0.425 e. The van der Waals surface area contributed by atoms with Gasteiger partial charge in [0.1, 0.15) is 0 Å². The monoisotopic (exact) mass is 329 g/mol. The molecular weight excluding hydrogens is 307 g/mol. The van der Waals surface area contributed by atoms with E-state index in [2.05, 4.69) is 15.0 Å². The summed E-state index contributed by atoms with van der Waals surface area (Å²) in [5.41, 5.74) is 3.74. The Morgan fingerprint density at radius 2 is 1.91 bits per heavy atom. The zero-order valence-electron chi connectivity index (χ0n) is 14.0. The van der Waals surface area contributed by atoms with Gasteiger partial charge in [-0.05, 0) is 51.0 Å². The molecule has 1 aromatic rings. The van der Waals surface area contributed by atoms with Gasteiger partial charge in [-0.25, -0.2) is 4.99 Å². The van der Waals surface area contributed by atoms with E-state index in [1.54, 1.807) is 13.3 Å². The van der Waals surface area contributed by atoms with Crippen LogP contribution in [-0.4, -0.2) is 43.3 Å². The van der Waals surface area contributed by atoms with Crippen molar-refractivity contribution < 1.29 is 18.0 Å². The molecule has 0 aromatic heterocycles. The molecule has 0 radical (unpaired) electrons. The fourth-order valence-electron chi connectivity index (χ4n) is 1.82. The molecule has 0 aliphatic carbocycles. The predicted octanol–water partition coefficient (Wildman–Crippen LogP) is 4.22. The Balaban J connectivity index is 2.95. The number of hydrogen-bond acceptors (Lipinski definition) is 3. The van der Waals surface area contributed by atoms with Crippen molar-refractivity contribution in [3.63, 3.8) is 0 Å². The van der Waals surface area contributed by atoms with E-state index < -0.39 is 12.8 Å². The Morgan fingerprint density at radius 3 is 2.48 bits per heavy atom. The number of aryl methyl sites for hydroxylation is 2. The van der Waals surface area contributed by atoms with E-state index in [0.717, 1.165) is 28.9 Å². The molecule has 0 bridgehead atoms. The van der Waals surface area contributed by atoms with Gasteiger partial charge in [-0.3, -0.25) is 0 Å². The Kier molecular flexibility index (Phi) is 6.60. The average Bonchev–Trinajstić information content (AvgIpc) is 2.45. The van der Waals surface area contributed by atoms with E-state index in [9.17, 15) is 13.2 Å². The van der Waals surface area contributed by atoms with Gasteiger partial charge in [0.2, 0.25) is 6.61 Å². The standard InChI is InChI=1S/C16H22F3N3O/c1-6-22(5)10-20-15-8-11(2)14(7-12(15)3)13(4)21-23-9-16(17,18)19/h7-8,10H,6,9H2,1-5H3. The van der Waals surface area contributed by atoms with Crippen LogP contribution in [0.1, 0.15) is 30.5 Å². The molecule has 0 spiro atoms. The summed E-state index contributed by atoms with van der Waals surface area (Å²) in [7, 11) is 1.93. The molecule has 0 aliphatic rings. The highest BCUT2D eigenvalue weighted by molar-refractivity contribution is 6.00. The lowest BCUT2D eigenvalue weighted by atomic mass is 10.0. The van der Waals surface area contributed by atoms with E-state index in [-0.39, 0.29) is 0 Å². The first-order valence-corrected chi connectivity index (χ1v) is 7.23. The fourth-order valence-corrected chi connectivity index (χ4v) is 1.82. The fraction of sp³-hybridized carbons (Fsp3) is 0.500. The van der Waals surface area contributed by atoms with E-state index >= 15 is 0 Å². The van der Waals surface area contributed by atoms with Crippen molar-refractivity contribution in [3.05, 3.63) is 28.8 Å². The molecule has 1 aromatic carbocycles. The molecule has 0 atom stereocenters. The molecule has 0 aliphatic heterocycles. The number of alkyl halides is 3. The van der Waals surface area contributed by atoms with Gasteiger partial charge >= 0.3 is 6.18 Å². The number of hydrogen-bond donors (Lipinski definition) is 0. The molecule has 1 rings (SSSR count). The summed E-state index contributed by atoms with van der Waals surface area (Å²) in [5, 5.41) is 3.55. The van der Waals surface area contributed by atoms with Crippen molar-refractivity contribution >= 4 is 17.7 Å². The molecule has 128 valence electrons. The number of benzene rings is 1. The molecule has 0 N–H and O–H groups in total. The van der Waals surface area contributed by atoms with Crippen molar-refractivity contribution in [2.75, 3.05) is 20.2 Å². The first-order chi connectivity index (χ1) is 10.6. The van der Waals surface area contributed by atoms with E-state index in [1.807, 2.05) is 44.9 Å². The van der Waals surface area contributed by atoms with Crippen LogP contribution in [-0.2, 0) is 4.84 Å². The normalized spacial score (nSPS) is 12.8. The van der Waals surface area contributed by atoms with Crippen LogP contribution in [0.3, 0.4) is 0 Å². The van der Waals surface area contributed by atoms with Crippen molar-refractivity contribution in [1.29, 1.82) is 0 Å². The zero-order chi connectivity index (χ0) is 17.6. The minimum Gasteiger partial charge on any atom is -0.386 e. The molecule has 0 unspecified atom stereocenters. The second-order valence-corrected chi connectivity index (χ2v) is 5.34. The van der Waals surface area contributed by atoms with Gasteiger partial charge in [-0.1, -0.05) is 5.16 Å². The second kappa shape index (κ2) is 7.99. The van der Waals surface area contributed by atoms with Gasteiger partial charge in [-0.15, -0.1) is 0 Å².